The van der Waals surface area contributed by atoms with E-state index in [-0.39, 0.29) is 39.9 Å². The van der Waals surface area contributed by atoms with Crippen LogP contribution in [0.4, 0.5) is 27.4 Å². The molecule has 214 valence electrons. The number of nitrogens with one attached hydrogen (secondary N) is 3. The normalized spacial score (nSPS) is 17.1. The molecule has 1 aliphatic carbocycles. The fourth-order valence-electron chi connectivity index (χ4n) is 4.79. The lowest BCUT2D eigenvalue weighted by molar-refractivity contribution is 0.100. The van der Waals surface area contributed by atoms with Crippen LogP contribution in [-0.2, 0) is 10.0 Å². The molecule has 11 nitrogen and oxygen atoms in total. The Morgan fingerprint density at radius 3 is 2.54 bits per heavy atom. The van der Waals surface area contributed by atoms with Crippen molar-refractivity contribution < 1.29 is 22.3 Å². The Hall–Kier alpha value is -4.49. The zero-order valence-corrected chi connectivity index (χ0v) is 23.0. The lowest BCUT2D eigenvalue weighted by atomic mass is 9.91. The minimum Gasteiger partial charge on any atom is -0.497 e. The van der Waals surface area contributed by atoms with E-state index in [1.54, 1.807) is 36.4 Å². The molecule has 5 rings (SSSR count). The SMILES string of the molecule is COc1ccc(S(=O)(=O)Nc2cccc3cc(Nc4nc(N[C@@H]5CCCC[C@@H]5N)c(F)cc4C(N)=O)cnc23)cc1. The zero-order valence-electron chi connectivity index (χ0n) is 22.2. The molecule has 1 aliphatic rings. The van der Waals surface area contributed by atoms with E-state index in [1.807, 2.05) is 0 Å². The van der Waals surface area contributed by atoms with Crippen molar-refractivity contribution in [1.82, 2.24) is 9.97 Å². The first kappa shape index (κ1) is 28.1. The number of hydrogen-bond acceptors (Lipinski definition) is 9. The van der Waals surface area contributed by atoms with Crippen LogP contribution in [0, 0.1) is 5.82 Å². The Morgan fingerprint density at radius 1 is 1.07 bits per heavy atom. The van der Waals surface area contributed by atoms with E-state index in [0.29, 0.717) is 22.3 Å². The summed E-state index contributed by atoms with van der Waals surface area (Å²) in [6.07, 6.45) is 5.04. The summed E-state index contributed by atoms with van der Waals surface area (Å²) in [4.78, 5) is 20.9. The maximum Gasteiger partial charge on any atom is 0.261 e. The number of amides is 1. The number of carbonyl (C=O) groups excluding carboxylic acids is 1. The summed E-state index contributed by atoms with van der Waals surface area (Å²) in [7, 11) is -2.41. The van der Waals surface area contributed by atoms with Gasteiger partial charge in [-0.15, -0.1) is 0 Å². The van der Waals surface area contributed by atoms with E-state index in [2.05, 4.69) is 25.3 Å². The highest BCUT2D eigenvalue weighted by Gasteiger charge is 2.25. The van der Waals surface area contributed by atoms with Crippen molar-refractivity contribution in [2.45, 2.75) is 42.7 Å². The molecule has 1 fully saturated rings. The number of anilines is 4. The average Bonchev–Trinajstić information content (AvgIpc) is 2.95. The molecule has 2 aromatic carbocycles. The van der Waals surface area contributed by atoms with Crippen molar-refractivity contribution in [3.8, 4) is 5.75 Å². The summed E-state index contributed by atoms with van der Waals surface area (Å²) < 4.78 is 48.5. The average molecular weight is 580 g/mol. The lowest BCUT2D eigenvalue weighted by Crippen LogP contribution is -2.43. The number of pyridine rings is 2. The van der Waals surface area contributed by atoms with Gasteiger partial charge in [-0.2, -0.15) is 0 Å². The number of nitrogens with two attached hydrogens (primary N) is 2. The Kier molecular flexibility index (Phi) is 7.90. The zero-order chi connectivity index (χ0) is 29.1. The van der Waals surface area contributed by atoms with Crippen molar-refractivity contribution in [3.05, 3.63) is 72.2 Å². The molecular weight excluding hydrogens is 549 g/mol. The third kappa shape index (κ3) is 6.15. The molecule has 4 aromatic rings. The van der Waals surface area contributed by atoms with Gasteiger partial charge >= 0.3 is 0 Å². The highest BCUT2D eigenvalue weighted by Crippen LogP contribution is 2.30. The second kappa shape index (κ2) is 11.6. The molecule has 7 N–H and O–H groups in total. The van der Waals surface area contributed by atoms with Gasteiger partial charge in [0.25, 0.3) is 15.9 Å². The number of halogens is 1. The third-order valence-corrected chi connectivity index (χ3v) is 8.35. The van der Waals surface area contributed by atoms with Gasteiger partial charge in [-0.3, -0.25) is 14.5 Å². The van der Waals surface area contributed by atoms with Gasteiger partial charge < -0.3 is 26.8 Å². The monoisotopic (exact) mass is 579 g/mol. The number of rotatable bonds is 9. The number of benzene rings is 2. The smallest absolute Gasteiger partial charge is 0.261 e. The number of sulfonamides is 1. The molecule has 1 saturated carbocycles. The molecule has 1 amide bonds. The molecule has 0 aliphatic heterocycles. The third-order valence-electron chi connectivity index (χ3n) is 6.97. The van der Waals surface area contributed by atoms with E-state index in [4.69, 9.17) is 16.2 Å². The summed E-state index contributed by atoms with van der Waals surface area (Å²) in [5, 5.41) is 6.68. The molecule has 0 radical (unpaired) electrons. The first-order valence-electron chi connectivity index (χ1n) is 13.0. The molecule has 0 saturated heterocycles. The minimum atomic E-state index is -3.90. The van der Waals surface area contributed by atoms with Gasteiger partial charge in [0, 0.05) is 17.5 Å². The quantitative estimate of drug-likeness (QED) is 0.195. The van der Waals surface area contributed by atoms with Crippen molar-refractivity contribution in [1.29, 1.82) is 0 Å². The van der Waals surface area contributed by atoms with E-state index >= 15 is 0 Å². The standard InChI is InChI=1S/C28H30FN7O4S/c1-40-18-9-11-19(12-10-18)41(38,39)36-24-8-4-5-16-13-17(15-32-25(16)24)33-27-20(26(31)37)14-21(29)28(35-27)34-23-7-3-2-6-22(23)30/h4-5,8-15,22-23,36H,2-3,6-7,30H2,1H3,(H2,31,37)(H2,33,34,35)/t22-,23+/m0/s1. The van der Waals surface area contributed by atoms with Crippen molar-refractivity contribution in [3.63, 3.8) is 0 Å². The number of ether oxygens (including phenoxy) is 1. The summed E-state index contributed by atoms with van der Waals surface area (Å²) in [6.45, 7) is 0. The van der Waals surface area contributed by atoms with Crippen LogP contribution >= 0.6 is 0 Å². The largest absolute Gasteiger partial charge is 0.497 e. The fourth-order valence-corrected chi connectivity index (χ4v) is 5.86. The number of fused-ring (bicyclic) bond motifs is 1. The topological polar surface area (TPSA) is 174 Å². The van der Waals surface area contributed by atoms with Crippen molar-refractivity contribution in [2.24, 2.45) is 11.5 Å². The van der Waals surface area contributed by atoms with Gasteiger partial charge in [0.2, 0.25) is 0 Å². The Labute approximate surface area is 236 Å². The number of nitrogens with zero attached hydrogens (tertiary/aromatic N) is 2. The molecule has 2 heterocycles. The highest BCUT2D eigenvalue weighted by molar-refractivity contribution is 7.92. The Balaban J connectivity index is 1.43. The van der Waals surface area contributed by atoms with Crippen LogP contribution in [0.2, 0.25) is 0 Å². The van der Waals surface area contributed by atoms with Gasteiger partial charge in [0.15, 0.2) is 11.6 Å². The van der Waals surface area contributed by atoms with Gasteiger partial charge in [-0.25, -0.2) is 17.8 Å². The fraction of sp³-hybridized carbons (Fsp3) is 0.250. The first-order valence-corrected chi connectivity index (χ1v) is 14.5. The number of hydrogen-bond donors (Lipinski definition) is 5. The van der Waals surface area contributed by atoms with Gasteiger partial charge in [-0.05, 0) is 55.3 Å². The molecule has 2 aromatic heterocycles. The second-order valence-corrected chi connectivity index (χ2v) is 11.5. The first-order chi connectivity index (χ1) is 19.6. The van der Waals surface area contributed by atoms with Crippen molar-refractivity contribution >= 4 is 49.8 Å². The van der Waals surface area contributed by atoms with Crippen LogP contribution in [0.15, 0.2) is 65.7 Å². The highest BCUT2D eigenvalue weighted by atomic mass is 32.2. The molecule has 13 heteroatoms. The predicted octanol–water partition coefficient (Wildman–Crippen LogP) is 4.10. The Bertz CT molecular complexity index is 1700. The van der Waals surface area contributed by atoms with Crippen LogP contribution in [0.25, 0.3) is 10.9 Å². The number of primary amides is 1. The molecule has 2 atom stereocenters. The molecule has 41 heavy (non-hydrogen) atoms. The summed E-state index contributed by atoms with van der Waals surface area (Å²) >= 11 is 0. The predicted molar refractivity (Wildman–Crippen MR) is 155 cm³/mol. The molecular formula is C28H30FN7O4S. The lowest BCUT2D eigenvalue weighted by Gasteiger charge is -2.30. The van der Waals surface area contributed by atoms with Crippen LogP contribution in [0.3, 0.4) is 0 Å². The van der Waals surface area contributed by atoms with E-state index in [0.717, 1.165) is 31.7 Å². The summed E-state index contributed by atoms with van der Waals surface area (Å²) in [6, 6.07) is 13.5. The van der Waals surface area contributed by atoms with E-state index in [1.165, 1.54) is 25.4 Å². The molecule has 0 spiro atoms. The Morgan fingerprint density at radius 2 is 1.83 bits per heavy atom. The summed E-state index contributed by atoms with van der Waals surface area (Å²) in [5.74, 6) is -1.03. The molecule has 0 unspecified atom stereocenters. The van der Waals surface area contributed by atoms with Crippen LogP contribution < -0.4 is 31.6 Å². The number of carbonyl (C=O) groups is 1. The number of para-hydroxylation sites is 1. The van der Waals surface area contributed by atoms with Crippen molar-refractivity contribution in [2.75, 3.05) is 22.5 Å². The maximum absolute atomic E-state index is 14.9. The number of methoxy groups -OCH3 is 1. The second-order valence-electron chi connectivity index (χ2n) is 9.79. The minimum absolute atomic E-state index is 0.0381. The maximum atomic E-state index is 14.9. The molecule has 0 bridgehead atoms. The van der Waals surface area contributed by atoms with Crippen LogP contribution in [-0.4, -0.2) is 43.5 Å². The van der Waals surface area contributed by atoms with Gasteiger partial charge in [-0.1, -0.05) is 25.0 Å². The van der Waals surface area contributed by atoms with Crippen LogP contribution in [0.1, 0.15) is 36.0 Å². The van der Waals surface area contributed by atoms with Gasteiger partial charge in [0.1, 0.15) is 11.6 Å². The van der Waals surface area contributed by atoms with Gasteiger partial charge in [0.05, 0.1) is 40.7 Å². The number of aromatic nitrogens is 2. The van der Waals surface area contributed by atoms with E-state index in [9.17, 15) is 17.6 Å². The summed E-state index contributed by atoms with van der Waals surface area (Å²) in [5.41, 5.74) is 12.7. The van der Waals surface area contributed by atoms with Crippen LogP contribution in [0.5, 0.6) is 5.75 Å². The van der Waals surface area contributed by atoms with E-state index < -0.39 is 21.7 Å².